The first-order valence-electron chi connectivity index (χ1n) is 10.1. The highest BCUT2D eigenvalue weighted by Crippen LogP contribution is 2.43. The lowest BCUT2D eigenvalue weighted by atomic mass is 9.93. The molecule has 158 valence electrons. The molecule has 1 unspecified atom stereocenters. The van der Waals surface area contributed by atoms with Gasteiger partial charge in [0.1, 0.15) is 10.8 Å². The Morgan fingerprint density at radius 3 is 2.19 bits per heavy atom. The Kier molecular flexibility index (Phi) is 5.45. The summed E-state index contributed by atoms with van der Waals surface area (Å²) in [4.78, 5) is 27.5. The topological polar surface area (TPSA) is 83.4 Å². The van der Waals surface area contributed by atoms with Crippen molar-refractivity contribution >= 4 is 33.9 Å². The van der Waals surface area contributed by atoms with Crippen molar-refractivity contribution in [2.24, 2.45) is 0 Å². The van der Waals surface area contributed by atoms with Gasteiger partial charge in [-0.3, -0.25) is 14.5 Å². The summed E-state index contributed by atoms with van der Waals surface area (Å²) < 4.78 is 0. The molecule has 2 aromatic carbocycles. The predicted molar refractivity (Wildman–Crippen MR) is 121 cm³/mol. The van der Waals surface area contributed by atoms with Gasteiger partial charge in [0.25, 0.3) is 5.78 Å². The standard InChI is InChI=1S/C24H23N3O3S/c1-13(2)16-9-11-17(12-10-16)20-19(21(28)18-7-5-14(3)6-8-18)22(29)23(30)27(20)24-26-25-15(4)31-24/h5-13,20,28H,1-4H3/b21-19-. The average molecular weight is 434 g/mol. The van der Waals surface area contributed by atoms with E-state index in [0.29, 0.717) is 21.6 Å². The Labute approximate surface area is 184 Å². The fourth-order valence-electron chi connectivity index (χ4n) is 3.66. The number of hydrogen-bond donors (Lipinski definition) is 1. The molecule has 0 bridgehead atoms. The second-order valence-corrected chi connectivity index (χ2v) is 9.12. The molecule has 1 fully saturated rings. The highest BCUT2D eigenvalue weighted by atomic mass is 32.1. The quantitative estimate of drug-likeness (QED) is 0.359. The van der Waals surface area contributed by atoms with Gasteiger partial charge in [0.2, 0.25) is 5.13 Å². The van der Waals surface area contributed by atoms with Gasteiger partial charge in [0, 0.05) is 5.56 Å². The van der Waals surface area contributed by atoms with Crippen LogP contribution in [0.2, 0.25) is 0 Å². The molecule has 31 heavy (non-hydrogen) atoms. The van der Waals surface area contributed by atoms with Gasteiger partial charge < -0.3 is 5.11 Å². The molecule has 0 spiro atoms. The number of carbonyl (C=O) groups is 2. The molecule has 1 atom stereocenters. The minimum absolute atomic E-state index is 0.0546. The van der Waals surface area contributed by atoms with E-state index >= 15 is 0 Å². The van der Waals surface area contributed by atoms with E-state index in [1.807, 2.05) is 43.3 Å². The summed E-state index contributed by atoms with van der Waals surface area (Å²) in [7, 11) is 0. The number of aryl methyl sites for hydroxylation is 2. The van der Waals surface area contributed by atoms with Gasteiger partial charge in [-0.05, 0) is 30.9 Å². The second kappa shape index (κ2) is 8.07. The predicted octanol–water partition coefficient (Wildman–Crippen LogP) is 4.90. The van der Waals surface area contributed by atoms with Crippen LogP contribution >= 0.6 is 11.3 Å². The van der Waals surface area contributed by atoms with Crippen molar-refractivity contribution in [3.05, 3.63) is 81.4 Å². The van der Waals surface area contributed by atoms with Crippen LogP contribution in [-0.4, -0.2) is 27.0 Å². The number of anilines is 1. The number of benzene rings is 2. The molecule has 4 rings (SSSR count). The van der Waals surface area contributed by atoms with Crippen LogP contribution in [0, 0.1) is 13.8 Å². The van der Waals surface area contributed by atoms with Crippen LogP contribution in [0.3, 0.4) is 0 Å². The lowest BCUT2D eigenvalue weighted by molar-refractivity contribution is -0.132. The van der Waals surface area contributed by atoms with E-state index < -0.39 is 17.7 Å². The van der Waals surface area contributed by atoms with Crippen molar-refractivity contribution in [1.82, 2.24) is 10.2 Å². The summed E-state index contributed by atoms with van der Waals surface area (Å²) in [5.41, 5.74) is 3.44. The average Bonchev–Trinajstić information content (AvgIpc) is 3.29. The smallest absolute Gasteiger partial charge is 0.301 e. The Bertz CT molecular complexity index is 1180. The normalized spacial score (nSPS) is 18.2. The summed E-state index contributed by atoms with van der Waals surface area (Å²) in [6, 6.07) is 14.2. The molecule has 1 aliphatic rings. The van der Waals surface area contributed by atoms with Crippen LogP contribution in [0.1, 0.15) is 53.1 Å². The first-order chi connectivity index (χ1) is 14.8. The summed E-state index contributed by atoms with van der Waals surface area (Å²) in [5, 5.41) is 20.2. The molecular formula is C24H23N3O3S. The number of Topliss-reactive ketones (excluding diaryl/α,β-unsaturated/α-hetero) is 1. The molecule has 1 N–H and O–H groups in total. The van der Waals surface area contributed by atoms with Gasteiger partial charge >= 0.3 is 5.91 Å². The Balaban J connectivity index is 1.91. The Morgan fingerprint density at radius 2 is 1.65 bits per heavy atom. The van der Waals surface area contributed by atoms with Crippen molar-refractivity contribution in [2.75, 3.05) is 4.90 Å². The number of aliphatic hydroxyl groups excluding tert-OH is 1. The maximum Gasteiger partial charge on any atom is 0.301 e. The fourth-order valence-corrected chi connectivity index (χ4v) is 4.37. The van der Waals surface area contributed by atoms with Crippen LogP contribution in [0.15, 0.2) is 54.1 Å². The van der Waals surface area contributed by atoms with Gasteiger partial charge in [-0.2, -0.15) is 0 Å². The van der Waals surface area contributed by atoms with E-state index in [4.69, 9.17) is 0 Å². The van der Waals surface area contributed by atoms with Crippen LogP contribution in [0.5, 0.6) is 0 Å². The van der Waals surface area contributed by atoms with Gasteiger partial charge in [-0.1, -0.05) is 79.3 Å². The maximum atomic E-state index is 13.1. The summed E-state index contributed by atoms with van der Waals surface area (Å²) in [6.45, 7) is 7.93. The molecule has 0 radical (unpaired) electrons. The van der Waals surface area contributed by atoms with Crippen molar-refractivity contribution in [1.29, 1.82) is 0 Å². The maximum absolute atomic E-state index is 13.1. The Hall–Kier alpha value is -3.32. The number of amides is 1. The van der Waals surface area contributed by atoms with Crippen molar-refractivity contribution in [3.8, 4) is 0 Å². The van der Waals surface area contributed by atoms with Gasteiger partial charge in [0.05, 0.1) is 11.6 Å². The van der Waals surface area contributed by atoms with Crippen molar-refractivity contribution < 1.29 is 14.7 Å². The third kappa shape index (κ3) is 3.77. The number of carbonyl (C=O) groups excluding carboxylic acids is 2. The molecule has 1 aliphatic heterocycles. The van der Waals surface area contributed by atoms with Gasteiger partial charge in [-0.25, -0.2) is 0 Å². The molecule has 6 nitrogen and oxygen atoms in total. The molecule has 7 heteroatoms. The zero-order chi connectivity index (χ0) is 22.3. The molecule has 3 aromatic rings. The van der Waals surface area contributed by atoms with Gasteiger partial charge in [0.15, 0.2) is 0 Å². The fraction of sp³-hybridized carbons (Fsp3) is 0.250. The molecule has 1 aromatic heterocycles. The third-order valence-corrected chi connectivity index (χ3v) is 6.25. The molecule has 0 aliphatic carbocycles. The van der Waals surface area contributed by atoms with Crippen molar-refractivity contribution in [2.45, 2.75) is 39.7 Å². The number of ketones is 1. The number of rotatable bonds is 4. The lowest BCUT2D eigenvalue weighted by Gasteiger charge is -2.23. The highest BCUT2D eigenvalue weighted by Gasteiger charge is 2.48. The van der Waals surface area contributed by atoms with Crippen LogP contribution in [0.4, 0.5) is 5.13 Å². The van der Waals surface area contributed by atoms with E-state index in [0.717, 1.165) is 16.7 Å². The van der Waals surface area contributed by atoms with E-state index in [9.17, 15) is 14.7 Å². The zero-order valence-corrected chi connectivity index (χ0v) is 18.6. The number of nitrogens with zero attached hydrogens (tertiary/aromatic N) is 3. The number of aliphatic hydroxyl groups is 1. The number of aromatic nitrogens is 2. The molecule has 2 heterocycles. The number of hydrogen-bond acceptors (Lipinski definition) is 6. The van der Waals surface area contributed by atoms with E-state index in [1.165, 1.54) is 16.2 Å². The second-order valence-electron chi connectivity index (χ2n) is 7.96. The van der Waals surface area contributed by atoms with E-state index in [1.54, 1.807) is 19.1 Å². The Morgan fingerprint density at radius 1 is 1.00 bits per heavy atom. The lowest BCUT2D eigenvalue weighted by Crippen LogP contribution is -2.29. The van der Waals surface area contributed by atoms with Crippen LogP contribution in [0.25, 0.3) is 5.76 Å². The third-order valence-electron chi connectivity index (χ3n) is 5.41. The highest BCUT2D eigenvalue weighted by molar-refractivity contribution is 7.15. The summed E-state index contributed by atoms with van der Waals surface area (Å²) in [6.07, 6.45) is 0. The van der Waals surface area contributed by atoms with Crippen molar-refractivity contribution in [3.63, 3.8) is 0 Å². The zero-order valence-electron chi connectivity index (χ0n) is 17.8. The van der Waals surface area contributed by atoms with Crippen LogP contribution in [-0.2, 0) is 9.59 Å². The first-order valence-corrected chi connectivity index (χ1v) is 10.9. The summed E-state index contributed by atoms with van der Waals surface area (Å²) in [5.74, 6) is -1.30. The summed E-state index contributed by atoms with van der Waals surface area (Å²) >= 11 is 1.24. The monoisotopic (exact) mass is 433 g/mol. The molecule has 0 saturated carbocycles. The minimum Gasteiger partial charge on any atom is -0.507 e. The van der Waals surface area contributed by atoms with Crippen LogP contribution < -0.4 is 4.90 Å². The first kappa shape index (κ1) is 20.9. The van der Waals surface area contributed by atoms with Gasteiger partial charge in [-0.15, -0.1) is 10.2 Å². The molecular weight excluding hydrogens is 410 g/mol. The molecule has 1 saturated heterocycles. The van der Waals surface area contributed by atoms with E-state index in [2.05, 4.69) is 24.0 Å². The molecule has 1 amide bonds. The largest absolute Gasteiger partial charge is 0.507 e. The SMILES string of the molecule is Cc1ccc(/C(O)=C2/C(=O)C(=O)N(c3nnc(C)s3)C2c2ccc(C(C)C)cc2)cc1. The van der Waals surface area contributed by atoms with E-state index in [-0.39, 0.29) is 11.3 Å². The minimum atomic E-state index is -0.783.